The van der Waals surface area contributed by atoms with Crippen LogP contribution in [0.2, 0.25) is 0 Å². The van der Waals surface area contributed by atoms with Crippen molar-refractivity contribution in [2.45, 2.75) is 11.3 Å². The number of hydrogen-bond acceptors (Lipinski definition) is 6. The number of benzene rings is 1. The molecule has 0 aliphatic carbocycles. The highest BCUT2D eigenvalue weighted by atomic mass is 32.2. The van der Waals surface area contributed by atoms with Crippen molar-refractivity contribution in [1.29, 1.82) is 0 Å². The third-order valence-electron chi connectivity index (χ3n) is 3.28. The molecule has 0 aliphatic heterocycles. The summed E-state index contributed by atoms with van der Waals surface area (Å²) in [5.41, 5.74) is 1.18. The lowest BCUT2D eigenvalue weighted by atomic mass is 10.1. The van der Waals surface area contributed by atoms with Crippen LogP contribution in [0.1, 0.15) is 16.1 Å². The summed E-state index contributed by atoms with van der Waals surface area (Å²) in [5.74, 6) is 0.232. The molecule has 4 N–H and O–H groups in total. The van der Waals surface area contributed by atoms with Crippen LogP contribution in [0.25, 0.3) is 0 Å². The molecule has 0 spiro atoms. The molecule has 0 saturated heterocycles. The van der Waals surface area contributed by atoms with E-state index in [0.29, 0.717) is 25.3 Å². The fourth-order valence-corrected chi connectivity index (χ4v) is 2.50. The summed E-state index contributed by atoms with van der Waals surface area (Å²) >= 11 is 0. The molecular formula is C16H19N5O3S. The van der Waals surface area contributed by atoms with Crippen LogP contribution in [0.4, 0.5) is 5.82 Å². The Kier molecular flexibility index (Phi) is 6.20. The molecule has 0 unspecified atom stereocenters. The highest BCUT2D eigenvalue weighted by Crippen LogP contribution is 2.09. The highest BCUT2D eigenvalue weighted by molar-refractivity contribution is 7.89. The van der Waals surface area contributed by atoms with Crippen LogP contribution >= 0.6 is 0 Å². The van der Waals surface area contributed by atoms with E-state index >= 15 is 0 Å². The van der Waals surface area contributed by atoms with E-state index in [9.17, 15) is 13.2 Å². The number of nitrogens with one attached hydrogen (secondary N) is 2. The predicted octanol–water partition coefficient (Wildman–Crippen LogP) is 0.694. The number of nitrogens with zero attached hydrogens (tertiary/aromatic N) is 2. The molecule has 1 aromatic heterocycles. The average molecular weight is 361 g/mol. The minimum atomic E-state index is -3.67. The first-order valence-electron chi connectivity index (χ1n) is 7.48. The van der Waals surface area contributed by atoms with Crippen LogP contribution in [0, 0.1) is 0 Å². The lowest BCUT2D eigenvalue weighted by Crippen LogP contribution is -2.24. The molecule has 0 aliphatic rings. The summed E-state index contributed by atoms with van der Waals surface area (Å²) in [6.07, 6.45) is 2.24. The zero-order valence-corrected chi connectivity index (χ0v) is 14.3. The first kappa shape index (κ1) is 18.6. The fraction of sp³-hybridized carbons (Fsp3) is 0.188. The molecule has 8 nitrogen and oxygen atoms in total. The molecule has 1 amide bonds. The van der Waals surface area contributed by atoms with Crippen molar-refractivity contribution < 1.29 is 13.2 Å². The lowest BCUT2D eigenvalue weighted by Gasteiger charge is -2.06. The summed E-state index contributed by atoms with van der Waals surface area (Å²) in [7, 11) is -3.67. The zero-order chi connectivity index (χ0) is 18.3. The van der Waals surface area contributed by atoms with E-state index in [1.807, 2.05) is 0 Å². The molecule has 0 bridgehead atoms. The number of anilines is 1. The number of amides is 1. The van der Waals surface area contributed by atoms with Gasteiger partial charge in [0.05, 0.1) is 4.90 Å². The largest absolute Gasteiger partial charge is 0.368 e. The van der Waals surface area contributed by atoms with E-state index in [-0.39, 0.29) is 16.5 Å². The number of rotatable bonds is 8. The van der Waals surface area contributed by atoms with Crippen LogP contribution in [0.5, 0.6) is 0 Å². The highest BCUT2D eigenvalue weighted by Gasteiger charge is 2.08. The average Bonchev–Trinajstić information content (AvgIpc) is 2.60. The maximum atomic E-state index is 11.7. The SMILES string of the molecule is C=CCNC(=O)c1ccc(NCCc2ccc(S(N)(=O)=O)cc2)nn1. The van der Waals surface area contributed by atoms with Gasteiger partial charge in [-0.15, -0.1) is 16.8 Å². The zero-order valence-electron chi connectivity index (χ0n) is 13.5. The van der Waals surface area contributed by atoms with Gasteiger partial charge in [-0.1, -0.05) is 18.2 Å². The normalized spacial score (nSPS) is 10.9. The van der Waals surface area contributed by atoms with Gasteiger partial charge in [-0.3, -0.25) is 4.79 Å². The maximum Gasteiger partial charge on any atom is 0.272 e. The minimum absolute atomic E-state index is 0.0837. The smallest absolute Gasteiger partial charge is 0.272 e. The molecule has 0 atom stereocenters. The second-order valence-electron chi connectivity index (χ2n) is 5.17. The van der Waals surface area contributed by atoms with Gasteiger partial charge >= 0.3 is 0 Å². The van der Waals surface area contributed by atoms with E-state index in [0.717, 1.165) is 5.56 Å². The summed E-state index contributed by atoms with van der Waals surface area (Å²) in [5, 5.41) is 18.6. The molecule has 0 saturated carbocycles. The van der Waals surface area contributed by atoms with Crippen molar-refractivity contribution in [3.63, 3.8) is 0 Å². The Bertz CT molecular complexity index is 833. The molecule has 132 valence electrons. The second-order valence-corrected chi connectivity index (χ2v) is 6.73. The molecule has 0 radical (unpaired) electrons. The first-order valence-corrected chi connectivity index (χ1v) is 9.03. The van der Waals surface area contributed by atoms with Gasteiger partial charge < -0.3 is 10.6 Å². The van der Waals surface area contributed by atoms with Crippen LogP contribution < -0.4 is 15.8 Å². The minimum Gasteiger partial charge on any atom is -0.368 e. The Morgan fingerprint density at radius 3 is 2.44 bits per heavy atom. The number of sulfonamides is 1. The summed E-state index contributed by atoms with van der Waals surface area (Å²) < 4.78 is 22.4. The topological polar surface area (TPSA) is 127 Å². The van der Waals surface area contributed by atoms with Crippen LogP contribution in [-0.4, -0.2) is 37.6 Å². The van der Waals surface area contributed by atoms with Crippen LogP contribution in [0.15, 0.2) is 53.9 Å². The Morgan fingerprint density at radius 2 is 1.88 bits per heavy atom. The van der Waals surface area contributed by atoms with Crippen molar-refractivity contribution in [2.75, 3.05) is 18.4 Å². The molecule has 0 fully saturated rings. The van der Waals surface area contributed by atoms with Crippen molar-refractivity contribution in [2.24, 2.45) is 5.14 Å². The monoisotopic (exact) mass is 361 g/mol. The Hall–Kier alpha value is -2.78. The molecule has 1 heterocycles. The van der Waals surface area contributed by atoms with Gasteiger partial charge in [0.2, 0.25) is 10.0 Å². The number of carbonyl (C=O) groups excluding carboxylic acids is 1. The lowest BCUT2D eigenvalue weighted by molar-refractivity contribution is 0.0952. The predicted molar refractivity (Wildman–Crippen MR) is 94.6 cm³/mol. The molecule has 2 aromatic rings. The summed E-state index contributed by atoms with van der Waals surface area (Å²) in [4.78, 5) is 11.8. The van der Waals surface area contributed by atoms with Gasteiger partial charge in [-0.2, -0.15) is 0 Å². The maximum absolute atomic E-state index is 11.7. The summed E-state index contributed by atoms with van der Waals surface area (Å²) in [6.45, 7) is 4.46. The van der Waals surface area contributed by atoms with Gasteiger partial charge in [0.25, 0.3) is 5.91 Å². The van der Waals surface area contributed by atoms with Gasteiger partial charge in [0.1, 0.15) is 5.82 Å². The van der Waals surface area contributed by atoms with E-state index in [4.69, 9.17) is 5.14 Å². The molecule has 9 heteroatoms. The third kappa shape index (κ3) is 5.66. The standard InChI is InChI=1S/C16H19N5O3S/c1-2-10-19-16(22)14-7-8-15(21-20-14)18-11-9-12-3-5-13(6-4-12)25(17,23)24/h2-8H,1,9-11H2,(H,18,21)(H,19,22)(H2,17,23,24). The molecule has 2 rings (SSSR count). The van der Waals surface area contributed by atoms with Crippen molar-refractivity contribution in [3.05, 3.63) is 60.3 Å². The quantitative estimate of drug-likeness (QED) is 0.594. The van der Waals surface area contributed by atoms with Crippen molar-refractivity contribution in [3.8, 4) is 0 Å². The second kappa shape index (κ2) is 8.36. The van der Waals surface area contributed by atoms with E-state index in [1.165, 1.54) is 12.1 Å². The molecule has 25 heavy (non-hydrogen) atoms. The van der Waals surface area contributed by atoms with Crippen molar-refractivity contribution in [1.82, 2.24) is 15.5 Å². The van der Waals surface area contributed by atoms with Gasteiger partial charge in [-0.25, -0.2) is 13.6 Å². The van der Waals surface area contributed by atoms with Gasteiger partial charge in [0.15, 0.2) is 5.69 Å². The first-order chi connectivity index (χ1) is 11.9. The van der Waals surface area contributed by atoms with E-state index < -0.39 is 10.0 Å². The fourth-order valence-electron chi connectivity index (χ4n) is 1.98. The Morgan fingerprint density at radius 1 is 1.16 bits per heavy atom. The van der Waals surface area contributed by atoms with Gasteiger partial charge in [-0.05, 0) is 36.2 Å². The van der Waals surface area contributed by atoms with Crippen LogP contribution in [-0.2, 0) is 16.4 Å². The van der Waals surface area contributed by atoms with E-state index in [1.54, 1.807) is 30.3 Å². The summed E-state index contributed by atoms with van der Waals surface area (Å²) in [6, 6.07) is 9.61. The Labute approximate surface area is 146 Å². The third-order valence-corrected chi connectivity index (χ3v) is 4.21. The van der Waals surface area contributed by atoms with E-state index in [2.05, 4.69) is 27.4 Å². The number of primary sulfonamides is 1. The van der Waals surface area contributed by atoms with Crippen molar-refractivity contribution >= 4 is 21.7 Å². The number of carbonyl (C=O) groups is 1. The number of hydrogen-bond donors (Lipinski definition) is 3. The Balaban J connectivity index is 1.85. The number of aromatic nitrogens is 2. The van der Waals surface area contributed by atoms with Gasteiger partial charge in [0, 0.05) is 13.1 Å². The molecular weight excluding hydrogens is 342 g/mol. The van der Waals surface area contributed by atoms with Crippen LogP contribution in [0.3, 0.4) is 0 Å². The molecule has 1 aromatic carbocycles. The number of nitrogens with two attached hydrogens (primary N) is 1.